The van der Waals surface area contributed by atoms with E-state index >= 15 is 0 Å². The van der Waals surface area contributed by atoms with Crippen molar-refractivity contribution in [1.82, 2.24) is 0 Å². The van der Waals surface area contributed by atoms with Crippen molar-refractivity contribution in [2.45, 2.75) is 12.1 Å². The molecule has 0 bridgehead atoms. The number of alkyl halides is 3. The van der Waals surface area contributed by atoms with Crippen molar-refractivity contribution in [3.05, 3.63) is 35.9 Å². The first-order valence-electron chi connectivity index (χ1n) is 3.37. The summed E-state index contributed by atoms with van der Waals surface area (Å²) in [7, 11) is -0.497. The fourth-order valence-electron chi connectivity index (χ4n) is 0.764. The van der Waals surface area contributed by atoms with Crippen LogP contribution in [-0.4, -0.2) is 5.92 Å². The zero-order valence-electron chi connectivity index (χ0n) is 6.17. The highest BCUT2D eigenvalue weighted by Crippen LogP contribution is 2.38. The first-order valence-corrected chi connectivity index (χ1v) is 4.45. The van der Waals surface area contributed by atoms with E-state index in [2.05, 4.69) is 0 Å². The van der Waals surface area contributed by atoms with Gasteiger partial charge in [0, 0.05) is 14.7 Å². The second-order valence-electron chi connectivity index (χ2n) is 2.27. The van der Waals surface area contributed by atoms with Crippen LogP contribution >= 0.6 is 8.58 Å². The van der Waals surface area contributed by atoms with Gasteiger partial charge in [0.05, 0.1) is 0 Å². The highest BCUT2D eigenvalue weighted by molar-refractivity contribution is 7.38. The molecule has 0 amide bonds. The van der Waals surface area contributed by atoms with Crippen LogP contribution in [0.25, 0.3) is 0 Å². The Balaban J connectivity index is 2.44. The van der Waals surface area contributed by atoms with Gasteiger partial charge in [-0.15, -0.1) is 0 Å². The molecule has 0 unspecified atom stereocenters. The number of rotatable bonds is 2. The predicted molar refractivity (Wildman–Crippen MR) is 43.1 cm³/mol. The standard InChI is InChI=1S/C8H7F3P/c9-8(10,11)12-6-7-4-2-1-3-5-7/h1-5H,6H2. The van der Waals surface area contributed by atoms with E-state index in [-0.39, 0.29) is 6.16 Å². The highest BCUT2D eigenvalue weighted by Gasteiger charge is 2.27. The molecule has 0 aliphatic heterocycles. The van der Waals surface area contributed by atoms with Gasteiger partial charge in [-0.1, -0.05) is 30.3 Å². The molecule has 0 aliphatic rings. The molecule has 0 fully saturated rings. The van der Waals surface area contributed by atoms with E-state index in [9.17, 15) is 13.2 Å². The molecule has 4 heteroatoms. The lowest BCUT2D eigenvalue weighted by Crippen LogP contribution is -1.97. The maximum atomic E-state index is 11.7. The Morgan fingerprint density at radius 1 is 1.08 bits per heavy atom. The monoisotopic (exact) mass is 191 g/mol. The van der Waals surface area contributed by atoms with E-state index in [0.29, 0.717) is 0 Å². The van der Waals surface area contributed by atoms with Crippen molar-refractivity contribution in [2.24, 2.45) is 0 Å². The van der Waals surface area contributed by atoms with Crippen molar-refractivity contribution < 1.29 is 13.2 Å². The maximum absolute atomic E-state index is 11.7. The molecule has 0 saturated heterocycles. The van der Waals surface area contributed by atoms with Crippen LogP contribution in [0.5, 0.6) is 0 Å². The second-order valence-corrected chi connectivity index (χ2v) is 3.41. The molecule has 0 spiro atoms. The van der Waals surface area contributed by atoms with E-state index in [1.165, 1.54) is 0 Å². The van der Waals surface area contributed by atoms with Gasteiger partial charge < -0.3 is 0 Å². The van der Waals surface area contributed by atoms with Crippen LogP contribution in [0, 0.1) is 0 Å². The summed E-state index contributed by atoms with van der Waals surface area (Å²) in [6.45, 7) is 0. The quantitative estimate of drug-likeness (QED) is 0.626. The lowest BCUT2D eigenvalue weighted by molar-refractivity contribution is -0.0372. The van der Waals surface area contributed by atoms with Gasteiger partial charge in [-0.3, -0.25) is 0 Å². The fraction of sp³-hybridized carbons (Fsp3) is 0.250. The van der Waals surface area contributed by atoms with Crippen LogP contribution in [0.4, 0.5) is 13.2 Å². The topological polar surface area (TPSA) is 0 Å². The minimum atomic E-state index is -4.07. The fourth-order valence-corrected chi connectivity index (χ4v) is 1.34. The van der Waals surface area contributed by atoms with Crippen molar-refractivity contribution in [2.75, 3.05) is 0 Å². The highest BCUT2D eigenvalue weighted by atomic mass is 31.1. The summed E-state index contributed by atoms with van der Waals surface area (Å²) in [6, 6.07) is 8.65. The van der Waals surface area contributed by atoms with Crippen LogP contribution in [0.1, 0.15) is 5.56 Å². The van der Waals surface area contributed by atoms with Gasteiger partial charge in [0.1, 0.15) is 0 Å². The van der Waals surface area contributed by atoms with E-state index < -0.39 is 14.5 Å². The Bertz CT molecular complexity index is 230. The van der Waals surface area contributed by atoms with Gasteiger partial charge >= 0.3 is 5.92 Å². The van der Waals surface area contributed by atoms with Crippen LogP contribution in [0.3, 0.4) is 0 Å². The number of hydrogen-bond acceptors (Lipinski definition) is 0. The molecule has 65 valence electrons. The smallest absolute Gasteiger partial charge is 0.167 e. The van der Waals surface area contributed by atoms with Crippen LogP contribution in [-0.2, 0) is 6.16 Å². The molecular weight excluding hydrogens is 184 g/mol. The first-order chi connectivity index (χ1) is 5.58. The molecule has 1 radical (unpaired) electrons. The van der Waals surface area contributed by atoms with Crippen LogP contribution < -0.4 is 0 Å². The average Bonchev–Trinajstić information content (AvgIpc) is 2.02. The molecule has 1 rings (SSSR count). The van der Waals surface area contributed by atoms with Gasteiger partial charge in [-0.25, -0.2) is 0 Å². The third-order valence-corrected chi connectivity index (χ3v) is 2.17. The predicted octanol–water partition coefficient (Wildman–Crippen LogP) is 3.65. The molecule has 0 aromatic heterocycles. The van der Waals surface area contributed by atoms with Gasteiger partial charge in [0.2, 0.25) is 0 Å². The first kappa shape index (κ1) is 9.53. The third kappa shape index (κ3) is 3.72. The lowest BCUT2D eigenvalue weighted by Gasteiger charge is -2.04. The Hall–Kier alpha value is -0.560. The lowest BCUT2D eigenvalue weighted by atomic mass is 10.2. The molecule has 0 heterocycles. The van der Waals surface area contributed by atoms with E-state index in [1.54, 1.807) is 30.3 Å². The normalized spacial score (nSPS) is 12.6. The SMILES string of the molecule is FC(F)(F)[P]Cc1ccccc1. The Morgan fingerprint density at radius 2 is 1.67 bits per heavy atom. The van der Waals surface area contributed by atoms with Gasteiger partial charge in [0.15, 0.2) is 0 Å². The molecular formula is C8H7F3P. The van der Waals surface area contributed by atoms with Gasteiger partial charge in [-0.05, 0) is 5.56 Å². The number of hydrogen-bond donors (Lipinski definition) is 0. The van der Waals surface area contributed by atoms with Crippen molar-refractivity contribution >= 4 is 8.58 Å². The maximum Gasteiger partial charge on any atom is 0.409 e. The Morgan fingerprint density at radius 3 is 2.17 bits per heavy atom. The number of benzene rings is 1. The van der Waals surface area contributed by atoms with Gasteiger partial charge in [-0.2, -0.15) is 13.2 Å². The molecule has 0 N–H and O–H groups in total. The molecule has 0 nitrogen and oxygen atoms in total. The second kappa shape index (κ2) is 3.90. The van der Waals surface area contributed by atoms with E-state index in [4.69, 9.17) is 0 Å². The summed E-state index contributed by atoms with van der Waals surface area (Å²) in [5, 5.41) is 0. The molecule has 0 atom stereocenters. The summed E-state index contributed by atoms with van der Waals surface area (Å²) >= 11 is 0. The van der Waals surface area contributed by atoms with Crippen molar-refractivity contribution in [3.8, 4) is 0 Å². The summed E-state index contributed by atoms with van der Waals surface area (Å²) in [5.41, 5.74) is 0.719. The van der Waals surface area contributed by atoms with E-state index in [0.717, 1.165) is 5.56 Å². The van der Waals surface area contributed by atoms with Crippen LogP contribution in [0.2, 0.25) is 0 Å². The number of halogens is 3. The molecule has 0 aliphatic carbocycles. The van der Waals surface area contributed by atoms with Gasteiger partial charge in [0.25, 0.3) is 0 Å². The average molecular weight is 191 g/mol. The van der Waals surface area contributed by atoms with Crippen LogP contribution in [0.15, 0.2) is 30.3 Å². The minimum Gasteiger partial charge on any atom is -0.167 e. The Kier molecular flexibility index (Phi) is 3.10. The summed E-state index contributed by atoms with van der Waals surface area (Å²) < 4.78 is 35.2. The largest absolute Gasteiger partial charge is 0.409 e. The Labute approximate surface area is 70.6 Å². The zero-order valence-corrected chi connectivity index (χ0v) is 7.07. The summed E-state index contributed by atoms with van der Waals surface area (Å²) in [5.74, 6) is -4.07. The van der Waals surface area contributed by atoms with Crippen molar-refractivity contribution in [3.63, 3.8) is 0 Å². The third-order valence-electron chi connectivity index (χ3n) is 1.28. The molecule has 12 heavy (non-hydrogen) atoms. The molecule has 0 saturated carbocycles. The minimum absolute atomic E-state index is 0.0460. The molecule has 1 aromatic rings. The van der Waals surface area contributed by atoms with Crippen molar-refractivity contribution in [1.29, 1.82) is 0 Å². The zero-order chi connectivity index (χ0) is 9.03. The van der Waals surface area contributed by atoms with E-state index in [1.807, 2.05) is 0 Å². The summed E-state index contributed by atoms with van der Waals surface area (Å²) in [4.78, 5) is 0. The molecule has 1 aromatic carbocycles. The summed E-state index contributed by atoms with van der Waals surface area (Å²) in [6.07, 6.45) is 0.0460.